The summed E-state index contributed by atoms with van der Waals surface area (Å²) in [6.07, 6.45) is 6.93. The summed E-state index contributed by atoms with van der Waals surface area (Å²) in [7, 11) is 0. The van der Waals surface area contributed by atoms with Crippen LogP contribution in [0, 0.1) is 6.92 Å². The van der Waals surface area contributed by atoms with Crippen molar-refractivity contribution in [3.63, 3.8) is 0 Å². The number of carbonyl (C=O) groups excluding carboxylic acids is 3. The van der Waals surface area contributed by atoms with E-state index < -0.39 is 6.04 Å². The van der Waals surface area contributed by atoms with E-state index in [-0.39, 0.29) is 23.8 Å². The lowest BCUT2D eigenvalue weighted by Crippen LogP contribution is -2.54. The van der Waals surface area contributed by atoms with E-state index in [0.717, 1.165) is 72.8 Å². The van der Waals surface area contributed by atoms with E-state index in [1.54, 1.807) is 4.90 Å². The van der Waals surface area contributed by atoms with E-state index >= 15 is 0 Å². The standard InChI is InChI=1S/C53H53N3O3/c1-38-34-45(42-26-28-43(29-27-42)52(58)55-33-32-41-20-8-10-22-46(41)36-55)30-31-49(38)53(59)56-37-47-23-11-9-21-44(47)35-50(56)51(57)54-48(24-12-18-39-14-4-2-5-15-39)25-13-19-40-16-6-3-7-17-40/h2-11,14-17,20-23,26-31,34,48,50H,12-13,18-19,24-25,32-33,35-37H2,1H3,(H,54,57). The van der Waals surface area contributed by atoms with Gasteiger partial charge >= 0.3 is 0 Å². The molecule has 0 saturated heterocycles. The van der Waals surface area contributed by atoms with Crippen LogP contribution in [0.25, 0.3) is 11.1 Å². The van der Waals surface area contributed by atoms with Gasteiger partial charge in [-0.25, -0.2) is 0 Å². The maximum absolute atomic E-state index is 14.6. The number of rotatable bonds is 13. The monoisotopic (exact) mass is 779 g/mol. The topological polar surface area (TPSA) is 69.7 Å². The number of nitrogens with zero attached hydrogens (tertiary/aromatic N) is 2. The molecule has 298 valence electrons. The molecule has 0 bridgehead atoms. The lowest BCUT2D eigenvalue weighted by molar-refractivity contribution is -0.127. The minimum Gasteiger partial charge on any atom is -0.352 e. The lowest BCUT2D eigenvalue weighted by Gasteiger charge is -2.37. The fraction of sp³-hybridized carbons (Fsp3) is 0.264. The third-order valence-corrected chi connectivity index (χ3v) is 12.2. The molecule has 6 nitrogen and oxygen atoms in total. The van der Waals surface area contributed by atoms with Gasteiger partial charge in [-0.3, -0.25) is 14.4 Å². The zero-order valence-electron chi connectivity index (χ0n) is 34.0. The highest BCUT2D eigenvalue weighted by atomic mass is 16.2. The predicted molar refractivity (Wildman–Crippen MR) is 236 cm³/mol. The van der Waals surface area contributed by atoms with Crippen LogP contribution in [0.15, 0.2) is 152 Å². The average Bonchev–Trinajstić information content (AvgIpc) is 3.28. The SMILES string of the molecule is Cc1cc(-c2ccc(C(=O)N3CCc4ccccc4C3)cc2)ccc1C(=O)N1Cc2ccccc2CC1C(=O)NC(CCCc1ccccc1)CCCc1ccccc1. The second-order valence-electron chi connectivity index (χ2n) is 16.2. The van der Waals surface area contributed by atoms with Crippen molar-refractivity contribution < 1.29 is 14.4 Å². The Kier molecular flexibility index (Phi) is 12.4. The van der Waals surface area contributed by atoms with E-state index in [9.17, 15) is 14.4 Å². The summed E-state index contributed by atoms with van der Waals surface area (Å²) in [6.45, 7) is 3.67. The summed E-state index contributed by atoms with van der Waals surface area (Å²) in [5.41, 5.74) is 11.4. The van der Waals surface area contributed by atoms with Crippen molar-refractivity contribution in [2.24, 2.45) is 0 Å². The van der Waals surface area contributed by atoms with Crippen LogP contribution in [-0.4, -0.2) is 46.1 Å². The van der Waals surface area contributed by atoms with E-state index in [1.165, 1.54) is 22.3 Å². The van der Waals surface area contributed by atoms with Gasteiger partial charge in [0.15, 0.2) is 0 Å². The van der Waals surface area contributed by atoms with Crippen LogP contribution in [0.1, 0.15) is 85.3 Å². The van der Waals surface area contributed by atoms with Crippen LogP contribution >= 0.6 is 0 Å². The quantitative estimate of drug-likeness (QED) is 0.127. The number of hydrogen-bond acceptors (Lipinski definition) is 3. The van der Waals surface area contributed by atoms with Crippen LogP contribution in [-0.2, 0) is 43.6 Å². The van der Waals surface area contributed by atoms with Gasteiger partial charge < -0.3 is 15.1 Å². The van der Waals surface area contributed by atoms with Gasteiger partial charge in [0.2, 0.25) is 5.91 Å². The lowest BCUT2D eigenvalue weighted by atomic mass is 9.91. The Morgan fingerprint density at radius 3 is 1.80 bits per heavy atom. The smallest absolute Gasteiger partial charge is 0.255 e. The summed E-state index contributed by atoms with van der Waals surface area (Å²) in [6, 6.07) is 50.6. The van der Waals surface area contributed by atoms with Crippen molar-refractivity contribution >= 4 is 17.7 Å². The number of hydrogen-bond donors (Lipinski definition) is 1. The molecule has 0 spiro atoms. The van der Waals surface area contributed by atoms with E-state index in [4.69, 9.17) is 0 Å². The molecule has 0 saturated carbocycles. The molecule has 0 aliphatic carbocycles. The highest BCUT2D eigenvalue weighted by Crippen LogP contribution is 2.29. The molecule has 1 N–H and O–H groups in total. The van der Waals surface area contributed by atoms with Crippen molar-refractivity contribution in [1.29, 1.82) is 0 Å². The van der Waals surface area contributed by atoms with Crippen LogP contribution in [0.2, 0.25) is 0 Å². The fourth-order valence-electron chi connectivity index (χ4n) is 8.85. The third-order valence-electron chi connectivity index (χ3n) is 12.2. The van der Waals surface area contributed by atoms with Crippen LogP contribution < -0.4 is 5.32 Å². The largest absolute Gasteiger partial charge is 0.352 e. The van der Waals surface area contributed by atoms with Crippen molar-refractivity contribution in [3.8, 4) is 11.1 Å². The van der Waals surface area contributed by atoms with Crippen LogP contribution in [0.3, 0.4) is 0 Å². The Hall–Kier alpha value is -6.27. The van der Waals surface area contributed by atoms with Crippen molar-refractivity contribution in [2.45, 2.75) is 83.5 Å². The minimum absolute atomic E-state index is 0.00307. The zero-order valence-corrected chi connectivity index (χ0v) is 34.0. The first-order chi connectivity index (χ1) is 28.9. The van der Waals surface area contributed by atoms with Gasteiger partial charge in [-0.1, -0.05) is 133 Å². The molecular weight excluding hydrogens is 727 g/mol. The molecule has 6 aromatic carbocycles. The summed E-state index contributed by atoms with van der Waals surface area (Å²) < 4.78 is 0. The molecule has 1 atom stereocenters. The fourth-order valence-corrected chi connectivity index (χ4v) is 8.85. The molecule has 3 amide bonds. The van der Waals surface area contributed by atoms with E-state index in [0.29, 0.717) is 37.2 Å². The van der Waals surface area contributed by atoms with Crippen LogP contribution in [0.4, 0.5) is 0 Å². The van der Waals surface area contributed by atoms with Gasteiger partial charge in [-0.2, -0.15) is 0 Å². The second-order valence-corrected chi connectivity index (χ2v) is 16.2. The molecule has 59 heavy (non-hydrogen) atoms. The Labute approximate surface area is 348 Å². The molecule has 6 heteroatoms. The van der Waals surface area contributed by atoms with Gasteiger partial charge in [0, 0.05) is 43.2 Å². The van der Waals surface area contributed by atoms with E-state index in [2.05, 4.69) is 84.2 Å². The molecular formula is C53H53N3O3. The van der Waals surface area contributed by atoms with Crippen molar-refractivity contribution in [2.75, 3.05) is 6.54 Å². The second kappa shape index (κ2) is 18.5. The number of amides is 3. The highest BCUT2D eigenvalue weighted by Gasteiger charge is 2.36. The highest BCUT2D eigenvalue weighted by molar-refractivity contribution is 6.00. The van der Waals surface area contributed by atoms with Crippen molar-refractivity contribution in [1.82, 2.24) is 15.1 Å². The summed E-state index contributed by atoms with van der Waals surface area (Å²) in [5.74, 6) is -0.192. The Morgan fingerprint density at radius 1 is 0.610 bits per heavy atom. The average molecular weight is 780 g/mol. The number of benzene rings is 6. The van der Waals surface area contributed by atoms with Crippen molar-refractivity contribution in [3.05, 3.63) is 202 Å². The van der Waals surface area contributed by atoms with Gasteiger partial charge in [0.25, 0.3) is 11.8 Å². The molecule has 1 unspecified atom stereocenters. The minimum atomic E-state index is -0.624. The molecule has 0 fully saturated rings. The maximum Gasteiger partial charge on any atom is 0.255 e. The van der Waals surface area contributed by atoms with E-state index in [1.807, 2.05) is 84.6 Å². The summed E-state index contributed by atoms with van der Waals surface area (Å²) >= 11 is 0. The maximum atomic E-state index is 14.6. The Balaban J connectivity index is 0.968. The van der Waals surface area contributed by atoms with Gasteiger partial charge in [-0.15, -0.1) is 0 Å². The first-order valence-electron chi connectivity index (χ1n) is 21.2. The number of carbonyl (C=O) groups is 3. The molecule has 2 aliphatic heterocycles. The van der Waals surface area contributed by atoms with Crippen LogP contribution in [0.5, 0.6) is 0 Å². The van der Waals surface area contributed by atoms with Gasteiger partial charge in [-0.05, 0) is 120 Å². The third kappa shape index (κ3) is 9.55. The number of fused-ring (bicyclic) bond motifs is 2. The Morgan fingerprint density at radius 2 is 1.17 bits per heavy atom. The molecule has 8 rings (SSSR count). The molecule has 0 aromatic heterocycles. The molecule has 6 aromatic rings. The zero-order chi connectivity index (χ0) is 40.6. The van der Waals surface area contributed by atoms with Gasteiger partial charge in [0.05, 0.1) is 0 Å². The summed E-state index contributed by atoms with van der Waals surface area (Å²) in [4.78, 5) is 46.2. The number of aryl methyl sites for hydroxylation is 3. The first-order valence-corrected chi connectivity index (χ1v) is 21.2. The number of nitrogens with one attached hydrogen (secondary N) is 1. The normalized spacial score (nSPS) is 14.7. The Bertz CT molecular complexity index is 2350. The summed E-state index contributed by atoms with van der Waals surface area (Å²) in [5, 5.41) is 3.45. The predicted octanol–water partition coefficient (Wildman–Crippen LogP) is 9.96. The molecule has 2 aliphatic rings. The van der Waals surface area contributed by atoms with Gasteiger partial charge in [0.1, 0.15) is 6.04 Å². The molecule has 2 heterocycles. The first kappa shape index (κ1) is 39.6. The molecule has 0 radical (unpaired) electrons.